The fourth-order valence-electron chi connectivity index (χ4n) is 3.24. The van der Waals surface area contributed by atoms with Crippen LogP contribution in [0.2, 0.25) is 5.02 Å². The Bertz CT molecular complexity index is 1070. The van der Waals surface area contributed by atoms with Crippen LogP contribution in [0.5, 0.6) is 0 Å². The molecular weight excluding hydrogens is 439 g/mol. The van der Waals surface area contributed by atoms with Crippen molar-refractivity contribution in [3.8, 4) is 6.07 Å². The number of hydrogen-bond acceptors (Lipinski definition) is 4. The predicted molar refractivity (Wildman–Crippen MR) is 134 cm³/mol. The van der Waals surface area contributed by atoms with Gasteiger partial charge >= 0.3 is 0 Å². The van der Waals surface area contributed by atoms with Gasteiger partial charge in [0.1, 0.15) is 0 Å². The molecule has 2 N–H and O–H groups in total. The molecule has 168 valence electrons. The number of nitrogen functional groups attached to an aromatic ring is 1. The quantitative estimate of drug-likeness (QED) is 0.411. The van der Waals surface area contributed by atoms with E-state index in [-0.39, 0.29) is 5.41 Å². The minimum atomic E-state index is -0.261. The van der Waals surface area contributed by atoms with Crippen molar-refractivity contribution in [1.29, 1.82) is 5.26 Å². The summed E-state index contributed by atoms with van der Waals surface area (Å²) in [6.45, 7) is 8.21. The first-order valence-corrected chi connectivity index (χ1v) is 11.6. The van der Waals surface area contributed by atoms with Gasteiger partial charge in [-0.1, -0.05) is 56.6 Å². The van der Waals surface area contributed by atoms with Gasteiger partial charge in [-0.2, -0.15) is 5.26 Å². The summed E-state index contributed by atoms with van der Waals surface area (Å²) < 4.78 is 0. The maximum Gasteiger partial charge on any atom is 0.220 e. The molecule has 0 aliphatic heterocycles. The fourth-order valence-corrected chi connectivity index (χ4v) is 3.45. The largest absolute Gasteiger partial charge is 0.368 e. The van der Waals surface area contributed by atoms with E-state index in [9.17, 15) is 5.26 Å². The number of benzene rings is 2. The van der Waals surface area contributed by atoms with Crippen LogP contribution >= 0.6 is 23.2 Å². The Hall–Kier alpha value is -2.61. The van der Waals surface area contributed by atoms with Gasteiger partial charge in [-0.25, -0.2) is 9.97 Å². The van der Waals surface area contributed by atoms with Crippen LogP contribution in [0.1, 0.15) is 60.7 Å². The van der Waals surface area contributed by atoms with E-state index >= 15 is 0 Å². The second-order valence-corrected chi connectivity index (χ2v) is 8.94. The van der Waals surface area contributed by atoms with Crippen molar-refractivity contribution in [3.05, 3.63) is 87.2 Å². The van der Waals surface area contributed by atoms with Crippen LogP contribution in [0.3, 0.4) is 0 Å². The number of anilines is 1. The van der Waals surface area contributed by atoms with Gasteiger partial charge in [0.05, 0.1) is 11.6 Å². The lowest BCUT2D eigenvalue weighted by Gasteiger charge is -2.27. The van der Waals surface area contributed by atoms with Crippen molar-refractivity contribution >= 4 is 29.2 Å². The molecule has 3 rings (SSSR count). The molecule has 0 unspecified atom stereocenters. The third kappa shape index (κ3) is 6.69. The van der Waals surface area contributed by atoms with Crippen LogP contribution < -0.4 is 5.73 Å². The summed E-state index contributed by atoms with van der Waals surface area (Å²) >= 11 is 11.5. The molecule has 32 heavy (non-hydrogen) atoms. The molecule has 6 heteroatoms. The third-order valence-electron chi connectivity index (χ3n) is 5.45. The van der Waals surface area contributed by atoms with Crippen molar-refractivity contribution in [2.45, 2.75) is 52.4 Å². The second kappa shape index (κ2) is 11.9. The van der Waals surface area contributed by atoms with Crippen LogP contribution in [0.25, 0.3) is 0 Å². The van der Waals surface area contributed by atoms with Gasteiger partial charge in [0.2, 0.25) is 5.95 Å². The predicted octanol–water partition coefficient (Wildman–Crippen LogP) is 6.64. The Balaban J connectivity index is 0.000000837. The number of rotatable bonds is 6. The minimum Gasteiger partial charge on any atom is -0.368 e. The van der Waals surface area contributed by atoms with Crippen molar-refractivity contribution in [1.82, 2.24) is 9.97 Å². The number of nitrogens with two attached hydrogens (primary N) is 1. The van der Waals surface area contributed by atoms with E-state index in [2.05, 4.69) is 54.2 Å². The highest BCUT2D eigenvalue weighted by molar-refractivity contribution is 6.31. The summed E-state index contributed by atoms with van der Waals surface area (Å²) in [5, 5.41) is 10.0. The van der Waals surface area contributed by atoms with Crippen LogP contribution in [0, 0.1) is 18.3 Å². The Morgan fingerprint density at radius 1 is 1.06 bits per heavy atom. The molecule has 2 aromatic carbocycles. The van der Waals surface area contributed by atoms with Gasteiger partial charge in [0.25, 0.3) is 0 Å². The van der Waals surface area contributed by atoms with Gasteiger partial charge in [0.15, 0.2) is 0 Å². The molecule has 3 aromatic rings. The van der Waals surface area contributed by atoms with Crippen LogP contribution in [0.15, 0.2) is 48.7 Å². The van der Waals surface area contributed by atoms with Gasteiger partial charge in [-0.3, -0.25) is 0 Å². The summed E-state index contributed by atoms with van der Waals surface area (Å²) in [6.07, 6.45) is 4.47. The molecule has 0 saturated carbocycles. The van der Waals surface area contributed by atoms with E-state index in [1.807, 2.05) is 32.0 Å². The highest BCUT2D eigenvalue weighted by atomic mass is 35.5. The van der Waals surface area contributed by atoms with E-state index in [1.54, 1.807) is 6.20 Å². The van der Waals surface area contributed by atoms with E-state index in [1.165, 1.54) is 11.1 Å². The van der Waals surface area contributed by atoms with Crippen molar-refractivity contribution in [3.63, 3.8) is 0 Å². The molecule has 0 radical (unpaired) electrons. The van der Waals surface area contributed by atoms with E-state index in [4.69, 9.17) is 28.9 Å². The van der Waals surface area contributed by atoms with E-state index < -0.39 is 0 Å². The molecule has 4 nitrogen and oxygen atoms in total. The minimum absolute atomic E-state index is 0.261. The van der Waals surface area contributed by atoms with Crippen LogP contribution in [0.4, 0.5) is 5.95 Å². The smallest absolute Gasteiger partial charge is 0.220 e. The number of nitrogens with zero attached hydrogens (tertiary/aromatic N) is 3. The van der Waals surface area contributed by atoms with E-state index in [0.717, 1.165) is 42.0 Å². The highest BCUT2D eigenvalue weighted by Gasteiger charge is 2.24. The van der Waals surface area contributed by atoms with Gasteiger partial charge in [0, 0.05) is 28.2 Å². The molecule has 0 aliphatic rings. The van der Waals surface area contributed by atoms with Crippen LogP contribution in [-0.2, 0) is 18.3 Å². The maximum absolute atomic E-state index is 9.38. The zero-order valence-electron chi connectivity index (χ0n) is 19.1. The number of halogens is 2. The molecular formula is C26H30Cl2N4. The van der Waals surface area contributed by atoms with Gasteiger partial charge in [-0.15, -0.1) is 11.6 Å². The molecule has 0 saturated heterocycles. The highest BCUT2D eigenvalue weighted by Crippen LogP contribution is 2.35. The summed E-state index contributed by atoms with van der Waals surface area (Å²) in [7, 11) is 0. The van der Waals surface area contributed by atoms with E-state index in [0.29, 0.717) is 16.5 Å². The molecule has 1 heterocycles. The number of aryl methyl sites for hydroxylation is 2. The van der Waals surface area contributed by atoms with Crippen molar-refractivity contribution in [2.24, 2.45) is 0 Å². The molecule has 0 amide bonds. The zero-order chi connectivity index (χ0) is 23.7. The van der Waals surface area contributed by atoms with Crippen LogP contribution in [-0.4, -0.2) is 15.8 Å². The standard InChI is InChI=1S/C23H23ClN4.C3H7Cl/c1-15-17(14-25)12-19(13-21(15)24)23(2,3)18-7-4-16(5-8-18)6-9-20-10-11-27-22(26)28-20;1-2-3-4/h4-5,7-8,10-13H,6,9H2,1-3H3,(H2,26,27,28);2-3H2,1H3. The third-order valence-corrected chi connectivity index (χ3v) is 6.22. The molecule has 0 aliphatic carbocycles. The average Bonchev–Trinajstić information content (AvgIpc) is 2.79. The first-order chi connectivity index (χ1) is 15.2. The monoisotopic (exact) mass is 468 g/mol. The first-order valence-electron chi connectivity index (χ1n) is 10.7. The normalized spacial score (nSPS) is 10.8. The van der Waals surface area contributed by atoms with Crippen molar-refractivity contribution in [2.75, 3.05) is 11.6 Å². The van der Waals surface area contributed by atoms with Crippen molar-refractivity contribution < 1.29 is 0 Å². The number of aromatic nitrogens is 2. The zero-order valence-corrected chi connectivity index (χ0v) is 20.6. The summed E-state index contributed by atoms with van der Waals surface area (Å²) in [5.41, 5.74) is 11.2. The number of hydrogen-bond donors (Lipinski definition) is 1. The lowest BCUT2D eigenvalue weighted by Crippen LogP contribution is -2.19. The molecule has 0 bridgehead atoms. The summed E-state index contributed by atoms with van der Waals surface area (Å²) in [5.74, 6) is 1.10. The lowest BCUT2D eigenvalue weighted by molar-refractivity contribution is 0.640. The molecule has 0 fully saturated rings. The Morgan fingerprint density at radius 3 is 2.28 bits per heavy atom. The molecule has 1 aromatic heterocycles. The first kappa shape index (κ1) is 25.6. The SMILES string of the molecule is CCCCl.Cc1c(Cl)cc(C(C)(C)c2ccc(CCc3ccnc(N)n3)cc2)cc1C#N. The van der Waals surface area contributed by atoms with Gasteiger partial charge in [-0.05, 0) is 66.6 Å². The lowest BCUT2D eigenvalue weighted by atomic mass is 9.77. The topological polar surface area (TPSA) is 75.6 Å². The summed E-state index contributed by atoms with van der Waals surface area (Å²) in [6, 6.07) is 16.6. The Kier molecular flexibility index (Phi) is 9.50. The molecule has 0 atom stereocenters. The maximum atomic E-state index is 9.38. The second-order valence-electron chi connectivity index (χ2n) is 8.16. The Labute approximate surface area is 201 Å². The number of nitriles is 1. The molecule has 0 spiro atoms. The van der Waals surface area contributed by atoms with Gasteiger partial charge < -0.3 is 5.73 Å². The Morgan fingerprint density at radius 2 is 1.72 bits per heavy atom. The average molecular weight is 469 g/mol. The number of alkyl halides is 1. The fraction of sp³-hybridized carbons (Fsp3) is 0.346. The summed E-state index contributed by atoms with van der Waals surface area (Å²) in [4.78, 5) is 8.17.